The van der Waals surface area contributed by atoms with E-state index in [-0.39, 0.29) is 17.1 Å². The van der Waals surface area contributed by atoms with Gasteiger partial charge in [0.2, 0.25) is 0 Å². The van der Waals surface area contributed by atoms with Crippen LogP contribution in [0.1, 0.15) is 50.2 Å². The summed E-state index contributed by atoms with van der Waals surface area (Å²) in [5.41, 5.74) is 1.76. The number of sulfonamides is 1. The molecule has 0 aliphatic heterocycles. The molecule has 7 heteroatoms. The first kappa shape index (κ1) is 25.8. The Labute approximate surface area is 203 Å². The Morgan fingerprint density at radius 3 is 1.91 bits per heavy atom. The van der Waals surface area contributed by atoms with Gasteiger partial charge in [-0.15, -0.1) is 3.77 Å². The summed E-state index contributed by atoms with van der Waals surface area (Å²) < 4.78 is 45.9. The average molecular weight is 498 g/mol. The van der Waals surface area contributed by atoms with Gasteiger partial charge in [0.1, 0.15) is 5.78 Å². The highest BCUT2D eigenvalue weighted by Gasteiger charge is 2.36. The van der Waals surface area contributed by atoms with Gasteiger partial charge in [0, 0.05) is 17.2 Å². The van der Waals surface area contributed by atoms with Crippen molar-refractivity contribution in [2.75, 3.05) is 0 Å². The van der Waals surface area contributed by atoms with Crippen LogP contribution in [0.15, 0.2) is 98.5 Å². The first-order chi connectivity index (χ1) is 16.2. The molecule has 0 N–H and O–H groups in total. The van der Waals surface area contributed by atoms with Gasteiger partial charge in [-0.2, -0.15) is 8.42 Å². The number of hydrogen-bond acceptors (Lipinski definition) is 4. The molecule has 34 heavy (non-hydrogen) atoms. The molecule has 180 valence electrons. The number of benzene rings is 3. The molecule has 3 aromatic rings. The normalized spacial score (nSPS) is 15.1. The third kappa shape index (κ3) is 6.02. The fraction of sp³-hybridized carbons (Fsp3) is 0.296. The van der Waals surface area contributed by atoms with E-state index in [1.165, 1.54) is 19.1 Å². The quantitative estimate of drug-likeness (QED) is 0.337. The van der Waals surface area contributed by atoms with E-state index in [1.807, 2.05) is 44.2 Å². The van der Waals surface area contributed by atoms with Crippen molar-refractivity contribution in [1.82, 2.24) is 0 Å². The van der Waals surface area contributed by atoms with Crippen LogP contribution in [0.2, 0.25) is 0 Å². The van der Waals surface area contributed by atoms with Crippen LogP contribution in [0.25, 0.3) is 0 Å². The third-order valence-electron chi connectivity index (χ3n) is 5.78. The van der Waals surface area contributed by atoms with Gasteiger partial charge in [0.15, 0.2) is 0 Å². The number of rotatable bonds is 10. The number of carbonyl (C=O) groups excluding carboxylic acids is 1. The number of aryl methyl sites for hydroxylation is 1. The molecular formula is C27H31NO4S2. The predicted molar refractivity (Wildman–Crippen MR) is 137 cm³/mol. The van der Waals surface area contributed by atoms with E-state index < -0.39 is 30.9 Å². The Morgan fingerprint density at radius 2 is 1.38 bits per heavy atom. The fourth-order valence-electron chi connectivity index (χ4n) is 4.13. The fourth-order valence-corrected chi connectivity index (χ4v) is 9.06. The summed E-state index contributed by atoms with van der Waals surface area (Å²) in [6, 6.07) is 24.3. The SMILES string of the molecule is CCC[C@H]([C@@H](CC(C)=O)c1ccccc1)S(=O)(=NS(=O)(=O)c1ccc(C)cc1)c1ccccc1. The first-order valence-electron chi connectivity index (χ1n) is 11.4. The molecule has 0 bridgehead atoms. The molecule has 0 spiro atoms. The Morgan fingerprint density at radius 1 is 0.824 bits per heavy atom. The van der Waals surface area contributed by atoms with Gasteiger partial charge >= 0.3 is 0 Å². The Hall–Kier alpha value is -2.77. The second kappa shape index (κ2) is 11.1. The van der Waals surface area contributed by atoms with E-state index in [0.29, 0.717) is 17.7 Å². The second-order valence-corrected chi connectivity index (χ2v) is 12.7. The molecule has 5 nitrogen and oxygen atoms in total. The summed E-state index contributed by atoms with van der Waals surface area (Å²) in [5.74, 6) is -0.491. The van der Waals surface area contributed by atoms with Crippen molar-refractivity contribution < 1.29 is 17.4 Å². The maximum absolute atomic E-state index is 14.9. The van der Waals surface area contributed by atoms with E-state index in [9.17, 15) is 17.4 Å². The van der Waals surface area contributed by atoms with Gasteiger partial charge in [-0.05, 0) is 50.1 Å². The topological polar surface area (TPSA) is 80.6 Å². The number of Topliss-reactive ketones (excluding diaryl/α,β-unsaturated/α-hetero) is 1. The van der Waals surface area contributed by atoms with Crippen molar-refractivity contribution in [2.45, 2.75) is 61.0 Å². The van der Waals surface area contributed by atoms with E-state index in [0.717, 1.165) is 11.1 Å². The Bertz CT molecular complexity index is 1330. The van der Waals surface area contributed by atoms with E-state index in [2.05, 4.69) is 3.77 Å². The molecule has 3 atom stereocenters. The second-order valence-electron chi connectivity index (χ2n) is 8.49. The maximum atomic E-state index is 14.9. The Kier molecular flexibility index (Phi) is 8.44. The summed E-state index contributed by atoms with van der Waals surface area (Å²) in [6.45, 7) is 5.33. The van der Waals surface area contributed by atoms with Crippen molar-refractivity contribution in [3.63, 3.8) is 0 Å². The molecule has 0 amide bonds. The minimum Gasteiger partial charge on any atom is -0.300 e. The summed E-state index contributed by atoms with van der Waals surface area (Å²) in [5, 5.41) is -0.675. The summed E-state index contributed by atoms with van der Waals surface area (Å²) >= 11 is 0. The zero-order valence-electron chi connectivity index (χ0n) is 19.8. The minimum atomic E-state index is -4.23. The molecule has 1 unspecified atom stereocenters. The number of carbonyl (C=O) groups is 1. The maximum Gasteiger partial charge on any atom is 0.290 e. The zero-order chi connectivity index (χ0) is 24.8. The monoisotopic (exact) mass is 497 g/mol. The zero-order valence-corrected chi connectivity index (χ0v) is 21.4. The molecule has 0 saturated heterocycles. The van der Waals surface area contributed by atoms with Crippen LogP contribution in [0.5, 0.6) is 0 Å². The van der Waals surface area contributed by atoms with Gasteiger partial charge in [-0.3, -0.25) is 0 Å². The van der Waals surface area contributed by atoms with Crippen LogP contribution < -0.4 is 0 Å². The highest BCUT2D eigenvalue weighted by molar-refractivity contribution is 8.03. The van der Waals surface area contributed by atoms with Crippen molar-refractivity contribution in [1.29, 1.82) is 0 Å². The molecular weight excluding hydrogens is 466 g/mol. The highest BCUT2D eigenvalue weighted by atomic mass is 32.3. The van der Waals surface area contributed by atoms with Gasteiger partial charge < -0.3 is 4.79 Å². The standard InChI is InChI=1S/C27H31NO4S2/c1-4-11-27(26(20-22(3)29)23-12-7-5-8-13-23)33(30,24-14-9-6-10-15-24)28-34(31,32)25-18-16-21(2)17-19-25/h5-10,12-19,26-27H,4,11,20H2,1-3H3/t26-,27+,33?/m0/s1. The van der Waals surface area contributed by atoms with Gasteiger partial charge in [0.25, 0.3) is 10.0 Å². The van der Waals surface area contributed by atoms with Crippen molar-refractivity contribution in [3.8, 4) is 0 Å². The van der Waals surface area contributed by atoms with Crippen LogP contribution in [-0.2, 0) is 24.5 Å². The number of hydrogen-bond donors (Lipinski definition) is 0. The molecule has 3 aromatic carbocycles. The average Bonchev–Trinajstić information content (AvgIpc) is 2.82. The lowest BCUT2D eigenvalue weighted by Crippen LogP contribution is -2.30. The van der Waals surface area contributed by atoms with Crippen LogP contribution >= 0.6 is 0 Å². The van der Waals surface area contributed by atoms with Crippen molar-refractivity contribution >= 4 is 25.5 Å². The summed E-state index contributed by atoms with van der Waals surface area (Å²) in [6.07, 6.45) is 1.27. The highest BCUT2D eigenvalue weighted by Crippen LogP contribution is 2.37. The lowest BCUT2D eigenvalue weighted by molar-refractivity contribution is -0.117. The molecule has 0 fully saturated rings. The third-order valence-corrected chi connectivity index (χ3v) is 10.6. The first-order valence-corrected chi connectivity index (χ1v) is 14.4. The Balaban J connectivity index is 2.31. The molecule has 0 saturated carbocycles. The lowest BCUT2D eigenvalue weighted by Gasteiger charge is -2.29. The molecule has 3 rings (SSSR count). The van der Waals surface area contributed by atoms with Crippen LogP contribution in [-0.4, -0.2) is 23.7 Å². The van der Waals surface area contributed by atoms with Gasteiger partial charge in [0.05, 0.1) is 19.9 Å². The van der Waals surface area contributed by atoms with Crippen LogP contribution in [0, 0.1) is 6.92 Å². The number of nitrogens with zero attached hydrogens (tertiary/aromatic N) is 1. The minimum absolute atomic E-state index is 0.000154. The van der Waals surface area contributed by atoms with E-state index >= 15 is 0 Å². The predicted octanol–water partition coefficient (Wildman–Crippen LogP) is 6.14. The molecule has 0 aromatic heterocycles. The van der Waals surface area contributed by atoms with Crippen molar-refractivity contribution in [2.24, 2.45) is 3.77 Å². The van der Waals surface area contributed by atoms with Crippen molar-refractivity contribution in [3.05, 3.63) is 96.1 Å². The smallest absolute Gasteiger partial charge is 0.290 e. The molecule has 0 radical (unpaired) electrons. The summed E-state index contributed by atoms with van der Waals surface area (Å²) in [7, 11) is -7.72. The molecule has 0 heterocycles. The molecule has 0 aliphatic rings. The summed E-state index contributed by atoms with van der Waals surface area (Å²) in [4.78, 5) is 12.7. The number of ketones is 1. The van der Waals surface area contributed by atoms with Gasteiger partial charge in [-0.25, -0.2) is 4.21 Å². The van der Waals surface area contributed by atoms with E-state index in [4.69, 9.17) is 0 Å². The molecule has 0 aliphatic carbocycles. The van der Waals surface area contributed by atoms with Crippen LogP contribution in [0.4, 0.5) is 0 Å². The lowest BCUT2D eigenvalue weighted by atomic mass is 9.89. The van der Waals surface area contributed by atoms with E-state index in [1.54, 1.807) is 42.5 Å². The largest absolute Gasteiger partial charge is 0.300 e. The van der Waals surface area contributed by atoms with Crippen LogP contribution in [0.3, 0.4) is 0 Å². The van der Waals surface area contributed by atoms with Gasteiger partial charge in [-0.1, -0.05) is 79.6 Å².